The van der Waals surface area contributed by atoms with Crippen LogP contribution >= 0.6 is 0 Å². The van der Waals surface area contributed by atoms with Crippen LogP contribution in [0.1, 0.15) is 18.9 Å². The number of benzene rings is 1. The first-order valence-corrected chi connectivity index (χ1v) is 8.95. The highest BCUT2D eigenvalue weighted by molar-refractivity contribution is 7.89. The topological polar surface area (TPSA) is 107 Å². The molecule has 3 N–H and O–H groups in total. The molecule has 0 spiro atoms. The Labute approximate surface area is 140 Å². The third kappa shape index (κ3) is 4.10. The van der Waals surface area contributed by atoms with E-state index in [0.717, 1.165) is 18.2 Å². The predicted molar refractivity (Wildman–Crippen MR) is 84.2 cm³/mol. The molecule has 1 fully saturated rings. The molecule has 1 aromatic carbocycles. The average Bonchev–Trinajstić information content (AvgIpc) is 2.47. The molecule has 1 heterocycles. The normalized spacial score (nSPS) is 24.9. The Kier molecular flexibility index (Phi) is 5.28. The standard InChI is InChI=1S/C15H21FN2O5S/c1-10-7-11(16)3-4-12(10)24(22,23)17-8-14(20)18-6-5-15(2,21)13(19)9-18/h3-4,7,13,17,19,21H,5-6,8-9H2,1-2H3/t13-,15-/m0/s1. The number of hydrogen-bond donors (Lipinski definition) is 3. The van der Waals surface area contributed by atoms with Crippen LogP contribution in [-0.2, 0) is 14.8 Å². The second-order valence-electron chi connectivity index (χ2n) is 6.20. The first-order valence-electron chi connectivity index (χ1n) is 7.47. The highest BCUT2D eigenvalue weighted by Gasteiger charge is 2.37. The molecule has 7 nitrogen and oxygen atoms in total. The van der Waals surface area contributed by atoms with Gasteiger partial charge in [0.15, 0.2) is 0 Å². The first kappa shape index (κ1) is 18.8. The number of nitrogens with zero attached hydrogens (tertiary/aromatic N) is 1. The molecule has 2 atom stereocenters. The molecule has 1 saturated heterocycles. The lowest BCUT2D eigenvalue weighted by Gasteiger charge is -2.39. The quantitative estimate of drug-likeness (QED) is 0.687. The summed E-state index contributed by atoms with van der Waals surface area (Å²) in [6.07, 6.45) is -0.893. The van der Waals surface area contributed by atoms with E-state index in [2.05, 4.69) is 4.72 Å². The van der Waals surface area contributed by atoms with Crippen molar-refractivity contribution in [2.75, 3.05) is 19.6 Å². The number of aryl methyl sites for hydroxylation is 1. The van der Waals surface area contributed by atoms with Crippen LogP contribution in [-0.4, -0.2) is 60.8 Å². The van der Waals surface area contributed by atoms with Crippen molar-refractivity contribution < 1.29 is 27.8 Å². The molecule has 1 aliphatic heterocycles. The number of carbonyl (C=O) groups excluding carboxylic acids is 1. The number of rotatable bonds is 4. The number of amides is 1. The number of β-amino-alcohol motifs (C(OH)–C–C–N with tert-alkyl or cyclic N) is 1. The Morgan fingerprint density at radius 2 is 2.17 bits per heavy atom. The van der Waals surface area contributed by atoms with E-state index < -0.39 is 40.0 Å². The molecule has 1 aliphatic rings. The minimum Gasteiger partial charge on any atom is -0.388 e. The number of hydrogen-bond acceptors (Lipinski definition) is 5. The first-order chi connectivity index (χ1) is 11.0. The van der Waals surface area contributed by atoms with Crippen LogP contribution in [0.15, 0.2) is 23.1 Å². The summed E-state index contributed by atoms with van der Waals surface area (Å²) in [6, 6.07) is 3.27. The Morgan fingerprint density at radius 1 is 1.50 bits per heavy atom. The molecule has 0 radical (unpaired) electrons. The van der Waals surface area contributed by atoms with Gasteiger partial charge in [-0.05, 0) is 44.0 Å². The molecule has 0 aliphatic carbocycles. The zero-order chi connectivity index (χ0) is 18.1. The van der Waals surface area contributed by atoms with Gasteiger partial charge >= 0.3 is 0 Å². The van der Waals surface area contributed by atoms with Crippen LogP contribution in [0, 0.1) is 12.7 Å². The summed E-state index contributed by atoms with van der Waals surface area (Å²) >= 11 is 0. The van der Waals surface area contributed by atoms with Crippen molar-refractivity contribution in [2.24, 2.45) is 0 Å². The Bertz CT molecular complexity index is 735. The van der Waals surface area contributed by atoms with E-state index in [1.54, 1.807) is 0 Å². The van der Waals surface area contributed by atoms with Crippen LogP contribution in [0.25, 0.3) is 0 Å². The van der Waals surface area contributed by atoms with Gasteiger partial charge in [0.05, 0.1) is 23.1 Å². The molecule has 9 heteroatoms. The molecule has 1 aromatic rings. The maximum Gasteiger partial charge on any atom is 0.241 e. The maximum absolute atomic E-state index is 13.1. The molecule has 1 amide bonds. The van der Waals surface area contributed by atoms with Gasteiger partial charge in [-0.15, -0.1) is 0 Å². The smallest absolute Gasteiger partial charge is 0.241 e. The zero-order valence-electron chi connectivity index (χ0n) is 13.5. The van der Waals surface area contributed by atoms with Gasteiger partial charge in [-0.2, -0.15) is 0 Å². The van der Waals surface area contributed by atoms with Crippen molar-refractivity contribution in [3.8, 4) is 0 Å². The Balaban J connectivity index is 2.01. The van der Waals surface area contributed by atoms with E-state index in [-0.39, 0.29) is 30.0 Å². The molecular weight excluding hydrogens is 339 g/mol. The summed E-state index contributed by atoms with van der Waals surface area (Å²) in [7, 11) is -3.95. The van der Waals surface area contributed by atoms with E-state index in [1.807, 2.05) is 0 Å². The van der Waals surface area contributed by atoms with Gasteiger partial charge in [0, 0.05) is 13.1 Å². The minimum absolute atomic E-state index is 0.0663. The molecule has 2 rings (SSSR count). The molecule has 0 aromatic heterocycles. The number of likely N-dealkylation sites (tertiary alicyclic amines) is 1. The minimum atomic E-state index is -3.95. The number of nitrogens with one attached hydrogen (secondary N) is 1. The van der Waals surface area contributed by atoms with Crippen molar-refractivity contribution in [3.05, 3.63) is 29.6 Å². The number of sulfonamides is 1. The molecule has 0 unspecified atom stereocenters. The van der Waals surface area contributed by atoms with Crippen LogP contribution in [0.4, 0.5) is 4.39 Å². The molecule has 134 valence electrons. The number of carbonyl (C=O) groups is 1. The summed E-state index contributed by atoms with van der Waals surface area (Å²) in [5.74, 6) is -1.05. The second kappa shape index (κ2) is 6.75. The van der Waals surface area contributed by atoms with Gasteiger partial charge in [0.1, 0.15) is 5.82 Å². The molecule has 24 heavy (non-hydrogen) atoms. The predicted octanol–water partition coefficient (Wildman–Crippen LogP) is -0.243. The summed E-state index contributed by atoms with van der Waals surface area (Å²) < 4.78 is 39.7. The molecule has 0 saturated carbocycles. The van der Waals surface area contributed by atoms with Crippen molar-refractivity contribution in [1.82, 2.24) is 9.62 Å². The monoisotopic (exact) mass is 360 g/mol. The van der Waals surface area contributed by atoms with Gasteiger partial charge in [0.25, 0.3) is 0 Å². The fraction of sp³-hybridized carbons (Fsp3) is 0.533. The van der Waals surface area contributed by atoms with Crippen molar-refractivity contribution >= 4 is 15.9 Å². The van der Waals surface area contributed by atoms with E-state index in [1.165, 1.54) is 18.7 Å². The number of aliphatic hydroxyl groups is 2. The van der Waals surface area contributed by atoms with E-state index in [0.29, 0.717) is 0 Å². The van der Waals surface area contributed by atoms with Gasteiger partial charge in [-0.1, -0.05) is 0 Å². The summed E-state index contributed by atoms with van der Waals surface area (Å²) in [4.78, 5) is 13.3. The van der Waals surface area contributed by atoms with Crippen molar-refractivity contribution in [1.29, 1.82) is 0 Å². The fourth-order valence-corrected chi connectivity index (χ4v) is 3.71. The van der Waals surface area contributed by atoms with Crippen LogP contribution in [0.5, 0.6) is 0 Å². The summed E-state index contributed by atoms with van der Waals surface area (Å²) in [5.41, 5.74) is -1.03. The number of piperidine rings is 1. The van der Waals surface area contributed by atoms with Crippen LogP contribution in [0.3, 0.4) is 0 Å². The maximum atomic E-state index is 13.1. The largest absolute Gasteiger partial charge is 0.388 e. The van der Waals surface area contributed by atoms with Gasteiger partial charge in [-0.3, -0.25) is 4.79 Å². The van der Waals surface area contributed by atoms with E-state index in [9.17, 15) is 27.8 Å². The van der Waals surface area contributed by atoms with E-state index >= 15 is 0 Å². The highest BCUT2D eigenvalue weighted by atomic mass is 32.2. The lowest BCUT2D eigenvalue weighted by atomic mass is 9.91. The van der Waals surface area contributed by atoms with Gasteiger partial charge in [0.2, 0.25) is 15.9 Å². The zero-order valence-corrected chi connectivity index (χ0v) is 14.3. The average molecular weight is 360 g/mol. The Hall–Kier alpha value is -1.55. The van der Waals surface area contributed by atoms with E-state index in [4.69, 9.17) is 0 Å². The van der Waals surface area contributed by atoms with Gasteiger partial charge in [-0.25, -0.2) is 17.5 Å². The van der Waals surface area contributed by atoms with Crippen molar-refractivity contribution in [3.63, 3.8) is 0 Å². The second-order valence-corrected chi connectivity index (χ2v) is 7.93. The number of halogens is 1. The lowest BCUT2D eigenvalue weighted by molar-refractivity contribution is -0.145. The lowest BCUT2D eigenvalue weighted by Crippen LogP contribution is -2.56. The van der Waals surface area contributed by atoms with Crippen LogP contribution < -0.4 is 4.72 Å². The third-order valence-corrected chi connectivity index (χ3v) is 5.75. The third-order valence-electron chi connectivity index (χ3n) is 4.19. The van der Waals surface area contributed by atoms with Crippen molar-refractivity contribution in [2.45, 2.75) is 36.9 Å². The summed E-state index contributed by atoms with van der Waals surface area (Å²) in [6.45, 7) is 2.62. The van der Waals surface area contributed by atoms with Crippen LogP contribution in [0.2, 0.25) is 0 Å². The summed E-state index contributed by atoms with van der Waals surface area (Å²) in [5, 5.41) is 19.7. The SMILES string of the molecule is Cc1cc(F)ccc1S(=O)(=O)NCC(=O)N1CC[C@](C)(O)[C@@H](O)C1. The Morgan fingerprint density at radius 3 is 2.75 bits per heavy atom. The molecule has 0 bridgehead atoms. The fourth-order valence-electron chi connectivity index (χ4n) is 2.51. The number of aliphatic hydroxyl groups excluding tert-OH is 1. The molecular formula is C15H21FN2O5S. The van der Waals surface area contributed by atoms with Gasteiger partial charge < -0.3 is 15.1 Å². The highest BCUT2D eigenvalue weighted by Crippen LogP contribution is 2.22.